The van der Waals surface area contributed by atoms with Crippen LogP contribution in [0.3, 0.4) is 0 Å². The quantitative estimate of drug-likeness (QED) is 0.382. The number of nitrogens with one attached hydrogen (secondary N) is 1. The van der Waals surface area contributed by atoms with Gasteiger partial charge in [-0.2, -0.15) is 0 Å². The second-order valence-electron chi connectivity index (χ2n) is 6.91. The summed E-state index contributed by atoms with van der Waals surface area (Å²) < 4.78 is 34.1. The van der Waals surface area contributed by atoms with Gasteiger partial charge in [0.25, 0.3) is 10.0 Å². The van der Waals surface area contributed by atoms with Crippen molar-refractivity contribution in [1.29, 1.82) is 0 Å². The van der Waals surface area contributed by atoms with Crippen LogP contribution in [0.25, 0.3) is 10.2 Å². The fraction of sp³-hybridized carbons (Fsp3) is 0.182. The number of rotatable bonds is 8. The number of benzene rings is 2. The van der Waals surface area contributed by atoms with Crippen LogP contribution in [0, 0.1) is 6.92 Å². The van der Waals surface area contributed by atoms with Crippen molar-refractivity contribution < 1.29 is 17.9 Å². The molecule has 7 nitrogen and oxygen atoms in total. The van der Waals surface area contributed by atoms with E-state index < -0.39 is 15.9 Å². The van der Waals surface area contributed by atoms with Crippen LogP contribution in [0.5, 0.6) is 5.75 Å². The third-order valence-corrected chi connectivity index (χ3v) is 8.65. The van der Waals surface area contributed by atoms with Crippen molar-refractivity contribution in [1.82, 2.24) is 4.98 Å². The monoisotopic (exact) mass is 487 g/mol. The molecule has 2 heterocycles. The molecule has 10 heteroatoms. The lowest BCUT2D eigenvalue weighted by atomic mass is 10.2. The van der Waals surface area contributed by atoms with Crippen molar-refractivity contribution >= 4 is 59.6 Å². The zero-order valence-electron chi connectivity index (χ0n) is 17.4. The summed E-state index contributed by atoms with van der Waals surface area (Å²) in [5.41, 5.74) is 2.15. The maximum absolute atomic E-state index is 13.2. The minimum atomic E-state index is -3.89. The molecule has 0 aliphatic rings. The predicted octanol–water partition coefficient (Wildman–Crippen LogP) is 4.90. The number of carbonyl (C=O) groups excluding carboxylic acids is 1. The second-order valence-corrected chi connectivity index (χ2v) is 11.0. The summed E-state index contributed by atoms with van der Waals surface area (Å²) >= 11 is 2.42. The third kappa shape index (κ3) is 4.77. The highest BCUT2D eigenvalue weighted by atomic mass is 32.2. The number of fused-ring (bicyclic) bond motifs is 1. The number of hydrogen-bond acceptors (Lipinski definition) is 7. The van der Waals surface area contributed by atoms with Crippen LogP contribution < -0.4 is 14.4 Å². The highest BCUT2D eigenvalue weighted by Crippen LogP contribution is 2.30. The zero-order chi connectivity index (χ0) is 22.7. The summed E-state index contributed by atoms with van der Waals surface area (Å²) in [6.07, 6.45) is 0. The van der Waals surface area contributed by atoms with Crippen LogP contribution in [0.2, 0.25) is 0 Å². The van der Waals surface area contributed by atoms with Crippen LogP contribution >= 0.6 is 22.7 Å². The van der Waals surface area contributed by atoms with Gasteiger partial charge in [-0.15, -0.1) is 11.3 Å². The number of aromatic nitrogens is 1. The van der Waals surface area contributed by atoms with Gasteiger partial charge in [0, 0.05) is 0 Å². The molecule has 2 aromatic carbocycles. The topological polar surface area (TPSA) is 88.6 Å². The Hall–Kier alpha value is -2.95. The summed E-state index contributed by atoms with van der Waals surface area (Å²) in [7, 11) is -3.89. The van der Waals surface area contributed by atoms with E-state index in [1.54, 1.807) is 23.6 Å². The molecule has 1 N–H and O–H groups in total. The largest absolute Gasteiger partial charge is 0.494 e. The summed E-state index contributed by atoms with van der Waals surface area (Å²) in [6, 6.07) is 15.7. The SMILES string of the molecule is CCOc1ccc2nc(NC(=O)CN(c3ccc(C)cc3)S(=O)(=O)c3cccs3)sc2c1. The summed E-state index contributed by atoms with van der Waals surface area (Å²) in [5.74, 6) is 0.254. The number of ether oxygens (including phenoxy) is 1. The van der Waals surface area contributed by atoms with Crippen LogP contribution in [-0.4, -0.2) is 32.5 Å². The molecule has 0 bridgehead atoms. The first kappa shape index (κ1) is 22.3. The lowest BCUT2D eigenvalue weighted by molar-refractivity contribution is -0.114. The van der Waals surface area contributed by atoms with Gasteiger partial charge in [-0.1, -0.05) is 35.1 Å². The smallest absolute Gasteiger partial charge is 0.274 e. The van der Waals surface area contributed by atoms with Crippen molar-refractivity contribution in [3.8, 4) is 5.75 Å². The Kier molecular flexibility index (Phi) is 6.45. The molecular weight excluding hydrogens is 466 g/mol. The maximum Gasteiger partial charge on any atom is 0.274 e. The average molecular weight is 488 g/mol. The third-order valence-electron chi connectivity index (χ3n) is 4.57. The van der Waals surface area contributed by atoms with Crippen molar-refractivity contribution in [2.75, 3.05) is 22.8 Å². The molecule has 0 aliphatic heterocycles. The minimum Gasteiger partial charge on any atom is -0.494 e. The van der Waals surface area contributed by atoms with Gasteiger partial charge in [-0.25, -0.2) is 13.4 Å². The van der Waals surface area contributed by atoms with Gasteiger partial charge in [-0.05, 0) is 55.6 Å². The Morgan fingerprint density at radius 3 is 2.62 bits per heavy atom. The molecule has 0 saturated carbocycles. The van der Waals surface area contributed by atoms with Crippen LogP contribution in [0.4, 0.5) is 10.8 Å². The van der Waals surface area contributed by atoms with Crippen LogP contribution in [-0.2, 0) is 14.8 Å². The van der Waals surface area contributed by atoms with Crippen molar-refractivity contribution in [3.05, 3.63) is 65.5 Å². The van der Waals surface area contributed by atoms with E-state index in [4.69, 9.17) is 4.74 Å². The Balaban J connectivity index is 1.59. The molecule has 0 atom stereocenters. The number of thiazole rings is 1. The summed E-state index contributed by atoms with van der Waals surface area (Å²) in [4.78, 5) is 17.3. The molecule has 1 amide bonds. The Labute approximate surface area is 194 Å². The van der Waals surface area contributed by atoms with Crippen molar-refractivity contribution in [3.63, 3.8) is 0 Å². The Morgan fingerprint density at radius 2 is 1.94 bits per heavy atom. The molecule has 0 spiro atoms. The normalized spacial score (nSPS) is 11.4. The van der Waals surface area contributed by atoms with Crippen molar-refractivity contribution in [2.45, 2.75) is 18.1 Å². The fourth-order valence-corrected chi connectivity index (χ4v) is 6.49. The number of amides is 1. The molecule has 32 heavy (non-hydrogen) atoms. The molecular formula is C22H21N3O4S3. The number of aryl methyl sites for hydroxylation is 1. The first-order valence-corrected chi connectivity index (χ1v) is 13.0. The van der Waals surface area contributed by atoms with E-state index in [-0.39, 0.29) is 10.8 Å². The van der Waals surface area contributed by atoms with Gasteiger partial charge in [0.2, 0.25) is 5.91 Å². The van der Waals surface area contributed by atoms with Gasteiger partial charge in [0.15, 0.2) is 5.13 Å². The maximum atomic E-state index is 13.2. The van der Waals surface area contributed by atoms with E-state index in [2.05, 4.69) is 10.3 Å². The fourth-order valence-electron chi connectivity index (χ4n) is 3.05. The predicted molar refractivity (Wildman–Crippen MR) is 129 cm³/mol. The van der Waals surface area contributed by atoms with E-state index in [0.29, 0.717) is 17.4 Å². The molecule has 0 radical (unpaired) electrons. The lowest BCUT2D eigenvalue weighted by Gasteiger charge is -2.23. The van der Waals surface area contributed by atoms with Crippen molar-refractivity contribution in [2.24, 2.45) is 0 Å². The van der Waals surface area contributed by atoms with Gasteiger partial charge in [0.1, 0.15) is 16.5 Å². The first-order chi connectivity index (χ1) is 15.4. The second kappa shape index (κ2) is 9.27. The van der Waals surface area contributed by atoms with Gasteiger partial charge in [-0.3, -0.25) is 9.10 Å². The van der Waals surface area contributed by atoms with Crippen LogP contribution in [0.15, 0.2) is 64.2 Å². The molecule has 4 aromatic rings. The molecule has 0 aliphatic carbocycles. The number of hydrogen-bond donors (Lipinski definition) is 1. The highest BCUT2D eigenvalue weighted by molar-refractivity contribution is 7.94. The zero-order valence-corrected chi connectivity index (χ0v) is 19.9. The number of carbonyl (C=O) groups is 1. The van der Waals surface area contributed by atoms with E-state index in [1.807, 2.05) is 44.2 Å². The Morgan fingerprint density at radius 1 is 1.16 bits per heavy atom. The van der Waals surface area contributed by atoms with Gasteiger partial charge in [0.05, 0.1) is 22.5 Å². The standard InChI is InChI=1S/C22H21N3O4S3/c1-3-29-17-10-11-18-19(13-17)31-22(23-18)24-20(26)14-25(16-8-6-15(2)7-9-16)32(27,28)21-5-4-12-30-21/h4-13H,3,14H2,1-2H3,(H,23,24,26). The lowest BCUT2D eigenvalue weighted by Crippen LogP contribution is -2.37. The highest BCUT2D eigenvalue weighted by Gasteiger charge is 2.28. The average Bonchev–Trinajstić information content (AvgIpc) is 3.43. The van der Waals surface area contributed by atoms with Gasteiger partial charge >= 0.3 is 0 Å². The minimum absolute atomic E-state index is 0.175. The summed E-state index contributed by atoms with van der Waals surface area (Å²) in [5, 5.41) is 4.83. The molecule has 0 unspecified atom stereocenters. The number of anilines is 2. The molecule has 2 aromatic heterocycles. The molecule has 0 fully saturated rings. The number of sulfonamides is 1. The molecule has 166 valence electrons. The first-order valence-electron chi connectivity index (χ1n) is 9.83. The van der Waals surface area contributed by atoms with Gasteiger partial charge < -0.3 is 10.1 Å². The number of nitrogens with zero attached hydrogens (tertiary/aromatic N) is 2. The van der Waals surface area contributed by atoms with E-state index >= 15 is 0 Å². The molecule has 0 saturated heterocycles. The van der Waals surface area contributed by atoms with Crippen LogP contribution in [0.1, 0.15) is 12.5 Å². The molecule has 4 rings (SSSR count). The number of thiophene rings is 1. The van der Waals surface area contributed by atoms with E-state index in [0.717, 1.165) is 37.2 Å². The summed E-state index contributed by atoms with van der Waals surface area (Å²) in [6.45, 7) is 4.01. The van der Waals surface area contributed by atoms with E-state index in [9.17, 15) is 13.2 Å². The Bertz CT molecular complexity index is 1330. The van der Waals surface area contributed by atoms with E-state index in [1.165, 1.54) is 17.4 Å².